The number of aromatic amines is 2. The molecule has 338 valence electrons. The molecule has 1 aliphatic carbocycles. The van der Waals surface area contributed by atoms with Gasteiger partial charge in [0.15, 0.2) is 5.72 Å². The molecule has 3 aliphatic heterocycles. The van der Waals surface area contributed by atoms with E-state index in [1.807, 2.05) is 49.9 Å². The lowest BCUT2D eigenvalue weighted by molar-refractivity contribution is -0.136. The number of hydrogen-bond donors (Lipinski definition) is 4. The first kappa shape index (κ1) is 43.0. The highest BCUT2D eigenvalue weighted by molar-refractivity contribution is 5.93. The molecule has 2 aromatic carbocycles. The highest BCUT2D eigenvalue weighted by Crippen LogP contribution is 2.51. The molecule has 16 nitrogen and oxygen atoms in total. The molecule has 4 atom stereocenters. The van der Waals surface area contributed by atoms with Gasteiger partial charge >= 0.3 is 12.2 Å². The second kappa shape index (κ2) is 17.3. The normalized spacial score (nSPS) is 19.9. The Morgan fingerprint density at radius 2 is 1.39 bits per heavy atom. The van der Waals surface area contributed by atoms with E-state index in [-0.39, 0.29) is 35.7 Å². The summed E-state index contributed by atoms with van der Waals surface area (Å²) < 4.78 is 19.2. The molecule has 64 heavy (non-hydrogen) atoms. The Kier molecular flexibility index (Phi) is 11.6. The predicted octanol–water partition coefficient (Wildman–Crippen LogP) is 8.19. The number of alkyl carbamates (subject to hydrolysis) is 2. The zero-order valence-corrected chi connectivity index (χ0v) is 37.5. The van der Waals surface area contributed by atoms with Crippen LogP contribution in [0.1, 0.15) is 109 Å². The average Bonchev–Trinajstić information content (AvgIpc) is 4.15. The molecule has 16 heteroatoms. The first-order chi connectivity index (χ1) is 30.9. The van der Waals surface area contributed by atoms with Crippen LogP contribution in [0.25, 0.3) is 44.8 Å². The lowest BCUT2D eigenvalue weighted by Gasteiger charge is -2.44. The predicted molar refractivity (Wildman–Crippen MR) is 240 cm³/mol. The number of carbonyl (C=O) groups excluding carboxylic acids is 4. The van der Waals surface area contributed by atoms with Gasteiger partial charge in [0.2, 0.25) is 11.8 Å². The number of nitrogens with one attached hydrogen (secondary N) is 4. The highest BCUT2D eigenvalue weighted by Gasteiger charge is 2.43. The van der Waals surface area contributed by atoms with E-state index in [1.165, 1.54) is 14.2 Å². The van der Waals surface area contributed by atoms with Crippen molar-refractivity contribution in [1.82, 2.24) is 44.9 Å². The van der Waals surface area contributed by atoms with Crippen molar-refractivity contribution in [2.24, 2.45) is 11.8 Å². The number of hydrogen-bond acceptors (Lipinski definition) is 9. The molecule has 4 N–H and O–H groups in total. The number of H-pyrrole nitrogens is 2. The van der Waals surface area contributed by atoms with Gasteiger partial charge in [-0.15, -0.1) is 0 Å². The monoisotopic (exact) mass is 873 g/mol. The number of rotatable bonds is 10. The van der Waals surface area contributed by atoms with Gasteiger partial charge in [-0.2, -0.15) is 0 Å². The van der Waals surface area contributed by atoms with Crippen LogP contribution in [0.2, 0.25) is 0 Å². The molecule has 0 radical (unpaired) electrons. The van der Waals surface area contributed by atoms with E-state index in [4.69, 9.17) is 24.2 Å². The fraction of sp³-hybridized carbons (Fsp3) is 0.500. The SMILES string of the molecule is COC(=O)N[C@H](C(=O)N1CCCC1c1ncc(-c2ccc3c(c2)OC2(CCCCC2)n2c-3cc3cc(-c4ncc([C@@H]5CCCN5C(=O)[C@@H](NC(=O)OC)C(C)C)[nH]4)ccc32)[nH]1)C(C)C. The van der Waals surface area contributed by atoms with Crippen LogP contribution in [0, 0.1) is 11.8 Å². The summed E-state index contributed by atoms with van der Waals surface area (Å²) in [4.78, 5) is 72.1. The Balaban J connectivity index is 0.991. The number of fused-ring (bicyclic) bond motifs is 6. The number of carbonyl (C=O) groups is 4. The van der Waals surface area contributed by atoms with Crippen molar-refractivity contribution in [3.63, 3.8) is 0 Å². The van der Waals surface area contributed by atoms with Gasteiger partial charge in [0.05, 0.1) is 61.3 Å². The zero-order valence-electron chi connectivity index (χ0n) is 37.5. The Morgan fingerprint density at radius 1 is 0.750 bits per heavy atom. The summed E-state index contributed by atoms with van der Waals surface area (Å²) in [7, 11) is 2.60. The van der Waals surface area contributed by atoms with Crippen LogP contribution in [0.15, 0.2) is 54.9 Å². The summed E-state index contributed by atoms with van der Waals surface area (Å²) in [5.74, 6) is 1.76. The van der Waals surface area contributed by atoms with Crippen molar-refractivity contribution in [3.05, 3.63) is 66.4 Å². The fourth-order valence-corrected chi connectivity index (χ4v) is 10.4. The summed E-state index contributed by atoms with van der Waals surface area (Å²) in [6.07, 6.45) is 10.7. The largest absolute Gasteiger partial charge is 0.467 e. The van der Waals surface area contributed by atoms with Gasteiger partial charge in [-0.25, -0.2) is 19.6 Å². The second-order valence-electron chi connectivity index (χ2n) is 18.4. The number of amides is 4. The third-order valence-electron chi connectivity index (χ3n) is 13.7. The topological polar surface area (TPSA) is 189 Å². The maximum absolute atomic E-state index is 13.8. The van der Waals surface area contributed by atoms with E-state index in [0.717, 1.165) is 114 Å². The second-order valence-corrected chi connectivity index (χ2v) is 18.4. The molecule has 4 aliphatic rings. The van der Waals surface area contributed by atoms with Crippen LogP contribution >= 0.6 is 0 Å². The maximum atomic E-state index is 13.8. The van der Waals surface area contributed by atoms with Gasteiger partial charge in [0.25, 0.3) is 0 Å². The van der Waals surface area contributed by atoms with Gasteiger partial charge in [0, 0.05) is 48.0 Å². The molecule has 9 rings (SSSR count). The van der Waals surface area contributed by atoms with Gasteiger partial charge in [-0.1, -0.05) is 40.2 Å². The van der Waals surface area contributed by atoms with Crippen molar-refractivity contribution in [1.29, 1.82) is 0 Å². The van der Waals surface area contributed by atoms with E-state index >= 15 is 0 Å². The minimum absolute atomic E-state index is 0.113. The van der Waals surface area contributed by atoms with Crippen LogP contribution in [0.5, 0.6) is 5.75 Å². The van der Waals surface area contributed by atoms with E-state index in [9.17, 15) is 19.2 Å². The third kappa shape index (κ3) is 7.74. The molecule has 1 unspecified atom stereocenters. The molecule has 2 saturated heterocycles. The molecule has 1 saturated carbocycles. The minimum atomic E-state index is -0.706. The molecule has 5 aromatic rings. The highest BCUT2D eigenvalue weighted by atomic mass is 16.5. The van der Waals surface area contributed by atoms with Gasteiger partial charge in [-0.3, -0.25) is 9.59 Å². The molecule has 1 spiro atoms. The number of likely N-dealkylation sites (tertiary alicyclic amines) is 2. The third-order valence-corrected chi connectivity index (χ3v) is 13.7. The smallest absolute Gasteiger partial charge is 0.407 e. The number of methoxy groups -OCH3 is 2. The van der Waals surface area contributed by atoms with Crippen LogP contribution in [-0.4, -0.2) is 97.7 Å². The number of ether oxygens (including phenoxy) is 3. The van der Waals surface area contributed by atoms with Gasteiger partial charge < -0.3 is 49.2 Å². The van der Waals surface area contributed by atoms with Crippen LogP contribution in [0.4, 0.5) is 9.59 Å². The Hall–Kier alpha value is -6.32. The van der Waals surface area contributed by atoms with Crippen LogP contribution < -0.4 is 15.4 Å². The molecular weight excluding hydrogens is 815 g/mol. The number of benzene rings is 2. The summed E-state index contributed by atoms with van der Waals surface area (Å²) in [5.41, 5.74) is 6.26. The molecule has 3 fully saturated rings. The van der Waals surface area contributed by atoms with Crippen molar-refractivity contribution in [2.75, 3.05) is 27.3 Å². The molecule has 0 bridgehead atoms. The maximum Gasteiger partial charge on any atom is 0.407 e. The number of aromatic nitrogens is 5. The Bertz CT molecular complexity index is 2570. The molecule has 4 amide bonds. The first-order valence-corrected chi connectivity index (χ1v) is 22.8. The summed E-state index contributed by atoms with van der Waals surface area (Å²) >= 11 is 0. The number of nitrogens with zero attached hydrogens (tertiary/aromatic N) is 5. The summed E-state index contributed by atoms with van der Waals surface area (Å²) in [6.45, 7) is 8.83. The standard InChI is InChI=1S/C48H59N9O7/c1-27(2)40(53-46(60)62-5)44(58)55-20-10-12-36(55)34-26-49-42(52-34)30-15-17-35-31(22-30)23-38-32-16-14-29(24-39(32)64-48(57(35)38)18-8-7-9-19-48)33-25-50-43(51-33)37-13-11-21-56(37)45(59)41(28(3)4)54-47(61)63-6/h14-17,22-28,36-37,40-41H,7-13,18-21H2,1-6H3,(H,49,52)(H,50,51)(H,53,60)(H,54,61)/t36-,37?,40-,41-/m0/s1. The quantitative estimate of drug-likeness (QED) is 0.107. The van der Waals surface area contributed by atoms with E-state index in [1.54, 1.807) is 0 Å². The van der Waals surface area contributed by atoms with E-state index in [2.05, 4.69) is 67.6 Å². The lowest BCUT2D eigenvalue weighted by Crippen LogP contribution is -2.51. The Morgan fingerprint density at radius 3 is 2.05 bits per heavy atom. The summed E-state index contributed by atoms with van der Waals surface area (Å²) in [6, 6.07) is 13.2. The first-order valence-electron chi connectivity index (χ1n) is 22.8. The van der Waals surface area contributed by atoms with Crippen LogP contribution in [0.3, 0.4) is 0 Å². The van der Waals surface area contributed by atoms with Gasteiger partial charge in [0.1, 0.15) is 29.5 Å². The van der Waals surface area contributed by atoms with Crippen LogP contribution in [-0.2, 0) is 24.8 Å². The molecule has 6 heterocycles. The zero-order chi connectivity index (χ0) is 44.9. The number of imidazole rings is 2. The molecule has 3 aromatic heterocycles. The van der Waals surface area contributed by atoms with E-state index in [0.29, 0.717) is 18.9 Å². The lowest BCUT2D eigenvalue weighted by atomic mass is 9.89. The minimum Gasteiger partial charge on any atom is -0.467 e. The van der Waals surface area contributed by atoms with Crippen molar-refractivity contribution in [2.45, 2.75) is 115 Å². The van der Waals surface area contributed by atoms with Crippen molar-refractivity contribution >= 4 is 34.9 Å². The Labute approximate surface area is 372 Å². The van der Waals surface area contributed by atoms with Crippen molar-refractivity contribution in [3.8, 4) is 39.7 Å². The van der Waals surface area contributed by atoms with E-state index < -0.39 is 30.0 Å². The average molecular weight is 874 g/mol. The summed E-state index contributed by atoms with van der Waals surface area (Å²) in [5, 5.41) is 6.54. The van der Waals surface area contributed by atoms with Crippen molar-refractivity contribution < 1.29 is 33.4 Å². The van der Waals surface area contributed by atoms with Gasteiger partial charge in [-0.05, 0) is 86.8 Å². The molecular formula is C48H59N9O7. The fourth-order valence-electron chi connectivity index (χ4n) is 10.4.